The largest absolute Gasteiger partial charge is 0.382 e. The molecule has 2 aliphatic rings. The molecule has 0 radical (unpaired) electrons. The molecule has 0 spiro atoms. The summed E-state index contributed by atoms with van der Waals surface area (Å²) in [6, 6.07) is 14.1. The van der Waals surface area contributed by atoms with Crippen LogP contribution < -0.4 is 10.6 Å². The van der Waals surface area contributed by atoms with Gasteiger partial charge in [0.25, 0.3) is 0 Å². The number of hydrogen-bond acceptors (Lipinski definition) is 3. The van der Waals surface area contributed by atoms with Crippen LogP contribution in [0, 0.1) is 6.92 Å². The lowest BCUT2D eigenvalue weighted by Crippen LogP contribution is -2.13. The lowest BCUT2D eigenvalue weighted by atomic mass is 9.94. The SMILES string of the molecule is Cc1cc(-c2ccc3c(c2)COCCN3)ccc1C1CCCN1. The van der Waals surface area contributed by atoms with Gasteiger partial charge in [0.2, 0.25) is 0 Å². The first-order chi connectivity index (χ1) is 11.3. The van der Waals surface area contributed by atoms with Gasteiger partial charge in [-0.25, -0.2) is 0 Å². The number of nitrogens with one attached hydrogen (secondary N) is 2. The quantitative estimate of drug-likeness (QED) is 0.879. The summed E-state index contributed by atoms with van der Waals surface area (Å²) in [5.74, 6) is 0. The highest BCUT2D eigenvalue weighted by Gasteiger charge is 2.18. The summed E-state index contributed by atoms with van der Waals surface area (Å²) < 4.78 is 5.65. The Kier molecular flexibility index (Phi) is 4.06. The van der Waals surface area contributed by atoms with E-state index in [-0.39, 0.29) is 0 Å². The molecule has 2 N–H and O–H groups in total. The minimum atomic E-state index is 0.536. The monoisotopic (exact) mass is 308 g/mol. The minimum Gasteiger partial charge on any atom is -0.382 e. The predicted octanol–water partition coefficient (Wildman–Crippen LogP) is 4.03. The van der Waals surface area contributed by atoms with Gasteiger partial charge in [-0.3, -0.25) is 0 Å². The van der Waals surface area contributed by atoms with Crippen molar-refractivity contribution in [3.8, 4) is 11.1 Å². The average Bonchev–Trinajstić information content (AvgIpc) is 2.99. The van der Waals surface area contributed by atoms with Crippen molar-refractivity contribution in [1.82, 2.24) is 5.32 Å². The van der Waals surface area contributed by atoms with Gasteiger partial charge in [-0.05, 0) is 60.7 Å². The summed E-state index contributed by atoms with van der Waals surface area (Å²) in [6.07, 6.45) is 2.53. The van der Waals surface area contributed by atoms with Crippen molar-refractivity contribution < 1.29 is 4.74 Å². The van der Waals surface area contributed by atoms with Gasteiger partial charge in [0.15, 0.2) is 0 Å². The van der Waals surface area contributed by atoms with Crippen molar-refractivity contribution >= 4 is 5.69 Å². The van der Waals surface area contributed by atoms with Crippen molar-refractivity contribution in [2.45, 2.75) is 32.4 Å². The van der Waals surface area contributed by atoms with Crippen LogP contribution in [0.5, 0.6) is 0 Å². The number of ether oxygens (including phenoxy) is 1. The Bertz CT molecular complexity index is 705. The van der Waals surface area contributed by atoms with Crippen LogP contribution in [0.3, 0.4) is 0 Å². The molecular formula is C20H24N2O. The van der Waals surface area contributed by atoms with Crippen LogP contribution in [0.1, 0.15) is 35.6 Å². The zero-order valence-electron chi connectivity index (χ0n) is 13.7. The van der Waals surface area contributed by atoms with Crippen LogP contribution in [0.25, 0.3) is 11.1 Å². The second-order valence-electron chi connectivity index (χ2n) is 6.57. The van der Waals surface area contributed by atoms with Crippen molar-refractivity contribution in [3.63, 3.8) is 0 Å². The molecule has 4 rings (SSSR count). The third kappa shape index (κ3) is 2.99. The molecule has 1 saturated heterocycles. The van der Waals surface area contributed by atoms with Gasteiger partial charge in [0.05, 0.1) is 13.2 Å². The average molecular weight is 308 g/mol. The van der Waals surface area contributed by atoms with E-state index in [2.05, 4.69) is 54.0 Å². The molecule has 23 heavy (non-hydrogen) atoms. The van der Waals surface area contributed by atoms with Crippen LogP contribution in [-0.2, 0) is 11.3 Å². The normalized spacial score (nSPS) is 20.7. The smallest absolute Gasteiger partial charge is 0.0738 e. The van der Waals surface area contributed by atoms with Crippen LogP contribution in [-0.4, -0.2) is 19.7 Å². The lowest BCUT2D eigenvalue weighted by molar-refractivity contribution is 0.135. The van der Waals surface area contributed by atoms with Crippen LogP contribution in [0.4, 0.5) is 5.69 Å². The van der Waals surface area contributed by atoms with Gasteiger partial charge in [0.1, 0.15) is 0 Å². The standard InChI is InChI=1S/C20H24N2O/c1-14-11-15(4-6-18(14)20-3-2-8-21-20)16-5-7-19-17(12-16)13-23-10-9-22-19/h4-7,11-12,20-22H,2-3,8-10,13H2,1H3. The molecule has 1 unspecified atom stereocenters. The number of anilines is 1. The van der Waals surface area contributed by atoms with Crippen LogP contribution in [0.15, 0.2) is 36.4 Å². The van der Waals surface area contributed by atoms with E-state index in [0.29, 0.717) is 12.6 Å². The molecule has 3 nitrogen and oxygen atoms in total. The Morgan fingerprint density at radius 1 is 1.04 bits per heavy atom. The maximum Gasteiger partial charge on any atom is 0.0738 e. The highest BCUT2D eigenvalue weighted by molar-refractivity contribution is 5.69. The molecule has 1 fully saturated rings. The topological polar surface area (TPSA) is 33.3 Å². The Hall–Kier alpha value is -1.84. The third-order valence-electron chi connectivity index (χ3n) is 4.96. The van der Waals surface area contributed by atoms with E-state index < -0.39 is 0 Å². The number of fused-ring (bicyclic) bond motifs is 1. The van der Waals surface area contributed by atoms with E-state index in [1.165, 1.54) is 46.3 Å². The van der Waals surface area contributed by atoms with Crippen LogP contribution >= 0.6 is 0 Å². The zero-order chi connectivity index (χ0) is 15.6. The lowest BCUT2D eigenvalue weighted by Gasteiger charge is -2.16. The maximum atomic E-state index is 5.65. The molecule has 2 aromatic rings. The summed E-state index contributed by atoms with van der Waals surface area (Å²) in [7, 11) is 0. The van der Waals surface area contributed by atoms with E-state index in [0.717, 1.165) is 19.7 Å². The van der Waals surface area contributed by atoms with Crippen molar-refractivity contribution in [3.05, 3.63) is 53.1 Å². The number of hydrogen-bond donors (Lipinski definition) is 2. The van der Waals surface area contributed by atoms with E-state index >= 15 is 0 Å². The van der Waals surface area contributed by atoms with E-state index in [9.17, 15) is 0 Å². The van der Waals surface area contributed by atoms with Gasteiger partial charge >= 0.3 is 0 Å². The van der Waals surface area contributed by atoms with Crippen molar-refractivity contribution in [2.75, 3.05) is 25.0 Å². The molecule has 0 aliphatic carbocycles. The van der Waals surface area contributed by atoms with Gasteiger partial charge in [-0.1, -0.05) is 24.3 Å². The van der Waals surface area contributed by atoms with Gasteiger partial charge in [0, 0.05) is 23.8 Å². The summed E-state index contributed by atoms with van der Waals surface area (Å²) in [5, 5.41) is 7.02. The minimum absolute atomic E-state index is 0.536. The van der Waals surface area contributed by atoms with Crippen molar-refractivity contribution in [2.24, 2.45) is 0 Å². The first-order valence-electron chi connectivity index (χ1n) is 8.60. The fourth-order valence-electron chi connectivity index (χ4n) is 3.70. The van der Waals surface area contributed by atoms with E-state index in [4.69, 9.17) is 4.74 Å². The Balaban J connectivity index is 1.65. The first kappa shape index (κ1) is 14.7. The maximum absolute atomic E-state index is 5.65. The molecule has 0 amide bonds. The molecular weight excluding hydrogens is 284 g/mol. The van der Waals surface area contributed by atoms with Gasteiger partial charge in [-0.2, -0.15) is 0 Å². The summed E-state index contributed by atoms with van der Waals surface area (Å²) in [5.41, 5.74) is 7.84. The molecule has 120 valence electrons. The molecule has 2 aromatic carbocycles. The fraction of sp³-hybridized carbons (Fsp3) is 0.400. The number of aryl methyl sites for hydroxylation is 1. The highest BCUT2D eigenvalue weighted by atomic mass is 16.5. The number of rotatable bonds is 2. The molecule has 2 aliphatic heterocycles. The van der Waals surface area contributed by atoms with E-state index in [1.54, 1.807) is 0 Å². The molecule has 0 saturated carbocycles. The van der Waals surface area contributed by atoms with Crippen LogP contribution in [0.2, 0.25) is 0 Å². The molecule has 0 bridgehead atoms. The third-order valence-corrected chi connectivity index (χ3v) is 4.96. The Labute approximate surface area is 138 Å². The molecule has 0 aromatic heterocycles. The molecule has 3 heteroatoms. The van der Waals surface area contributed by atoms with Gasteiger partial charge < -0.3 is 15.4 Å². The fourth-order valence-corrected chi connectivity index (χ4v) is 3.70. The highest BCUT2D eigenvalue weighted by Crippen LogP contribution is 2.31. The zero-order valence-corrected chi connectivity index (χ0v) is 13.7. The summed E-state index contributed by atoms with van der Waals surface area (Å²) in [6.45, 7) is 5.72. The summed E-state index contributed by atoms with van der Waals surface area (Å²) in [4.78, 5) is 0. The predicted molar refractivity (Wildman–Crippen MR) is 94.7 cm³/mol. The second kappa shape index (κ2) is 6.34. The molecule has 2 heterocycles. The Morgan fingerprint density at radius 3 is 2.74 bits per heavy atom. The van der Waals surface area contributed by atoms with E-state index in [1.807, 2.05) is 0 Å². The van der Waals surface area contributed by atoms with Gasteiger partial charge in [-0.15, -0.1) is 0 Å². The summed E-state index contributed by atoms with van der Waals surface area (Å²) >= 11 is 0. The Morgan fingerprint density at radius 2 is 1.91 bits per heavy atom. The second-order valence-corrected chi connectivity index (χ2v) is 6.57. The number of benzene rings is 2. The first-order valence-corrected chi connectivity index (χ1v) is 8.60. The van der Waals surface area contributed by atoms with Crippen molar-refractivity contribution in [1.29, 1.82) is 0 Å². The molecule has 1 atom stereocenters.